The average molecular weight is 192 g/mol. The van der Waals surface area contributed by atoms with Crippen molar-refractivity contribution in [2.45, 2.75) is 26.4 Å². The van der Waals surface area contributed by atoms with Gasteiger partial charge in [0.05, 0.1) is 19.1 Å². The van der Waals surface area contributed by atoms with E-state index in [-0.39, 0.29) is 12.4 Å². The molecule has 0 radical (unpaired) electrons. The number of carbonyl (C=O) groups is 1. The van der Waals surface area contributed by atoms with Crippen LogP contribution in [0.5, 0.6) is 0 Å². The van der Waals surface area contributed by atoms with Gasteiger partial charge < -0.3 is 9.84 Å². The Labute approximate surface area is 77.5 Å². The average Bonchev–Trinajstić information content (AvgIpc) is 2.01. The molecule has 0 heterocycles. The van der Waals surface area contributed by atoms with E-state index in [1.165, 1.54) is 0 Å². The molecule has 0 fully saturated rings. The van der Waals surface area contributed by atoms with E-state index in [0.29, 0.717) is 12.4 Å². The van der Waals surface area contributed by atoms with Crippen LogP contribution in [0.1, 0.15) is 20.3 Å². The van der Waals surface area contributed by atoms with Crippen LogP contribution in [-0.4, -0.2) is 35.3 Å². The van der Waals surface area contributed by atoms with Crippen LogP contribution in [0, 0.1) is 0 Å². The smallest absolute Gasteiger partial charge is 0.308 e. The van der Waals surface area contributed by atoms with E-state index in [1.807, 2.05) is 6.92 Å². The largest absolute Gasteiger partial charge is 0.466 e. The fourth-order valence-corrected chi connectivity index (χ4v) is 1.35. The highest BCUT2D eigenvalue weighted by molar-refractivity contribution is 7.99. The molecule has 72 valence electrons. The minimum Gasteiger partial charge on any atom is -0.466 e. The molecular weight excluding hydrogens is 176 g/mol. The van der Waals surface area contributed by atoms with Gasteiger partial charge in [-0.05, 0) is 12.7 Å². The van der Waals surface area contributed by atoms with Crippen LogP contribution in [0.15, 0.2) is 0 Å². The van der Waals surface area contributed by atoms with Crippen LogP contribution in [0.25, 0.3) is 0 Å². The summed E-state index contributed by atoms with van der Waals surface area (Å²) < 4.78 is 4.68. The lowest BCUT2D eigenvalue weighted by molar-refractivity contribution is -0.144. The van der Waals surface area contributed by atoms with Gasteiger partial charge in [-0.15, -0.1) is 0 Å². The minimum absolute atomic E-state index is 0.112. The summed E-state index contributed by atoms with van der Waals surface area (Å²) in [6.07, 6.45) is -0.449. The van der Waals surface area contributed by atoms with Gasteiger partial charge >= 0.3 is 5.97 Å². The lowest BCUT2D eigenvalue weighted by atomic mass is 10.3. The van der Waals surface area contributed by atoms with Crippen LogP contribution in [0.4, 0.5) is 0 Å². The summed E-state index contributed by atoms with van der Waals surface area (Å²) >= 11 is 1.62. The summed E-state index contributed by atoms with van der Waals surface area (Å²) in [5.74, 6) is 1.25. The monoisotopic (exact) mass is 192 g/mol. The van der Waals surface area contributed by atoms with Gasteiger partial charge in [0.15, 0.2) is 0 Å². The first kappa shape index (κ1) is 11.8. The molecule has 0 saturated heterocycles. The summed E-state index contributed by atoms with van der Waals surface area (Å²) in [6, 6.07) is 0. The Balaban J connectivity index is 3.40. The van der Waals surface area contributed by atoms with E-state index in [2.05, 4.69) is 4.74 Å². The van der Waals surface area contributed by atoms with Gasteiger partial charge in [0.2, 0.25) is 0 Å². The predicted octanol–water partition coefficient (Wildman–Crippen LogP) is 1.05. The number of thioether (sulfide) groups is 1. The second-order valence-electron chi connectivity index (χ2n) is 2.32. The van der Waals surface area contributed by atoms with Gasteiger partial charge in [0, 0.05) is 5.75 Å². The molecular formula is C8H16O3S. The Morgan fingerprint density at radius 1 is 1.58 bits per heavy atom. The van der Waals surface area contributed by atoms with Gasteiger partial charge in [-0.2, -0.15) is 11.8 Å². The Bertz CT molecular complexity index is 127. The maximum absolute atomic E-state index is 10.8. The fourth-order valence-electron chi connectivity index (χ4n) is 0.725. The third kappa shape index (κ3) is 6.49. The molecule has 0 aliphatic carbocycles. The first-order valence-electron chi connectivity index (χ1n) is 4.12. The summed E-state index contributed by atoms with van der Waals surface area (Å²) in [7, 11) is 0. The number of rotatable bonds is 6. The first-order chi connectivity index (χ1) is 5.70. The number of hydrogen-bond donors (Lipinski definition) is 1. The van der Waals surface area contributed by atoms with Crippen molar-refractivity contribution in [1.82, 2.24) is 0 Å². The molecule has 3 nitrogen and oxygen atoms in total. The number of aliphatic hydroxyl groups is 1. The molecule has 0 spiro atoms. The highest BCUT2D eigenvalue weighted by Crippen LogP contribution is 2.05. The van der Waals surface area contributed by atoms with Gasteiger partial charge in [0.1, 0.15) is 0 Å². The van der Waals surface area contributed by atoms with Crippen LogP contribution >= 0.6 is 11.8 Å². The Morgan fingerprint density at radius 2 is 2.25 bits per heavy atom. The zero-order chi connectivity index (χ0) is 9.40. The van der Waals surface area contributed by atoms with Crippen molar-refractivity contribution in [3.8, 4) is 0 Å². The van der Waals surface area contributed by atoms with Crippen molar-refractivity contribution in [1.29, 1.82) is 0 Å². The highest BCUT2D eigenvalue weighted by Gasteiger charge is 2.10. The molecule has 0 saturated carbocycles. The van der Waals surface area contributed by atoms with Gasteiger partial charge in [-0.1, -0.05) is 6.92 Å². The van der Waals surface area contributed by atoms with E-state index in [4.69, 9.17) is 0 Å². The number of carbonyl (C=O) groups excluding carboxylic acids is 1. The topological polar surface area (TPSA) is 46.5 Å². The minimum atomic E-state index is -0.561. The summed E-state index contributed by atoms with van der Waals surface area (Å²) in [5, 5.41) is 9.26. The third-order valence-corrected chi connectivity index (χ3v) is 2.25. The molecule has 0 aromatic carbocycles. The molecule has 0 aromatic heterocycles. The number of aliphatic hydroxyl groups excluding tert-OH is 1. The Kier molecular flexibility index (Phi) is 7.29. The molecule has 12 heavy (non-hydrogen) atoms. The normalized spacial score (nSPS) is 12.6. The highest BCUT2D eigenvalue weighted by atomic mass is 32.2. The zero-order valence-electron chi connectivity index (χ0n) is 7.58. The molecule has 0 aliphatic heterocycles. The maximum atomic E-state index is 10.8. The molecule has 0 bridgehead atoms. The van der Waals surface area contributed by atoms with E-state index in [9.17, 15) is 9.90 Å². The molecule has 1 N–H and O–H groups in total. The second kappa shape index (κ2) is 7.43. The Morgan fingerprint density at radius 3 is 2.75 bits per heavy atom. The summed E-state index contributed by atoms with van der Waals surface area (Å²) in [5.41, 5.74) is 0. The fraction of sp³-hybridized carbons (Fsp3) is 0.875. The quantitative estimate of drug-likeness (QED) is 0.639. The van der Waals surface area contributed by atoms with Crippen LogP contribution in [0.2, 0.25) is 0 Å². The Hall–Kier alpha value is -0.220. The van der Waals surface area contributed by atoms with E-state index in [1.54, 1.807) is 18.7 Å². The molecule has 1 atom stereocenters. The van der Waals surface area contributed by atoms with Crippen LogP contribution in [0.3, 0.4) is 0 Å². The standard InChI is InChI=1S/C8H16O3S/c1-3-11-8(10)5-7(9)6-12-4-2/h7,9H,3-6H2,1-2H3. The van der Waals surface area contributed by atoms with Gasteiger partial charge in [-0.25, -0.2) is 0 Å². The zero-order valence-corrected chi connectivity index (χ0v) is 8.39. The molecule has 0 aromatic rings. The van der Waals surface area contributed by atoms with Crippen LogP contribution < -0.4 is 0 Å². The lowest BCUT2D eigenvalue weighted by Gasteiger charge is -2.07. The lowest BCUT2D eigenvalue weighted by Crippen LogP contribution is -2.17. The molecule has 0 amide bonds. The maximum Gasteiger partial charge on any atom is 0.308 e. The van der Waals surface area contributed by atoms with Gasteiger partial charge in [-0.3, -0.25) is 4.79 Å². The molecule has 4 heteroatoms. The molecule has 1 unspecified atom stereocenters. The number of hydrogen-bond acceptors (Lipinski definition) is 4. The third-order valence-electron chi connectivity index (χ3n) is 1.22. The SMILES string of the molecule is CCOC(=O)CC(O)CSCC. The summed E-state index contributed by atoms with van der Waals surface area (Å²) in [6.45, 7) is 4.15. The van der Waals surface area contributed by atoms with E-state index < -0.39 is 6.10 Å². The first-order valence-corrected chi connectivity index (χ1v) is 5.27. The van der Waals surface area contributed by atoms with Crippen molar-refractivity contribution in [3.05, 3.63) is 0 Å². The summed E-state index contributed by atoms with van der Waals surface area (Å²) in [4.78, 5) is 10.8. The second-order valence-corrected chi connectivity index (χ2v) is 3.64. The predicted molar refractivity (Wildman–Crippen MR) is 50.3 cm³/mol. The molecule has 0 rings (SSSR count). The van der Waals surface area contributed by atoms with Gasteiger partial charge in [0.25, 0.3) is 0 Å². The van der Waals surface area contributed by atoms with Crippen molar-refractivity contribution < 1.29 is 14.6 Å². The van der Waals surface area contributed by atoms with Crippen LogP contribution in [-0.2, 0) is 9.53 Å². The van der Waals surface area contributed by atoms with Crippen molar-refractivity contribution in [2.75, 3.05) is 18.1 Å². The van der Waals surface area contributed by atoms with E-state index >= 15 is 0 Å². The van der Waals surface area contributed by atoms with Crippen molar-refractivity contribution >= 4 is 17.7 Å². The van der Waals surface area contributed by atoms with Crippen molar-refractivity contribution in [3.63, 3.8) is 0 Å². The number of ether oxygens (including phenoxy) is 1. The van der Waals surface area contributed by atoms with E-state index in [0.717, 1.165) is 5.75 Å². The van der Waals surface area contributed by atoms with Crippen molar-refractivity contribution in [2.24, 2.45) is 0 Å². The molecule has 0 aliphatic rings. The number of esters is 1.